The molecule has 0 bridgehead atoms. The summed E-state index contributed by atoms with van der Waals surface area (Å²) in [4.78, 5) is 127. The molecule has 3 aliphatic rings. The van der Waals surface area contributed by atoms with Crippen LogP contribution in [0.2, 0.25) is 0 Å². The Hall–Kier alpha value is -6.53. The minimum atomic E-state index is -2.30. The smallest absolute Gasteiger partial charge is 0.286 e. The van der Waals surface area contributed by atoms with Gasteiger partial charge in [-0.15, -0.1) is 0 Å². The van der Waals surface area contributed by atoms with Gasteiger partial charge in [-0.1, -0.05) is 89.6 Å². The molecular weight excluding hydrogens is 1130 g/mol. The highest BCUT2D eigenvalue weighted by molar-refractivity contribution is 8.00. The lowest BCUT2D eigenvalue weighted by Gasteiger charge is -2.34. The molecule has 0 saturated carbocycles. The average Bonchev–Trinajstić information content (AvgIpc) is 4.32. The molecule has 0 aliphatic carbocycles. The SMILES string of the molecule is CCC(C)CC(C)CCCCCCCCC(=O)N[C@H]1C[C@@H](O)[C@@H](Sc2ccc(O)cc2[N+](=O)[O-])NC(=O)[C@@H]2[C@@H](O)CCN2C(=O)[C@H]([C@H](O)CC(N)=O)NC(=O)[C@H]([C@H](O)[C@@H](O)c2ccc(O)cc2)CC(=O)[C@@H]2C[C@@H](O)CN2C(=O)[C@H]([C@@H](C)O)NC1=O. The van der Waals surface area contributed by atoms with Crippen LogP contribution in [0.15, 0.2) is 47.4 Å². The second kappa shape index (κ2) is 32.3. The van der Waals surface area contributed by atoms with Crippen molar-refractivity contribution >= 4 is 64.6 Å². The number of hydrogen-bond donors (Lipinski definition) is 14. The summed E-state index contributed by atoms with van der Waals surface area (Å²) in [5, 5.41) is 121. The second-order valence-electron chi connectivity index (χ2n) is 22.9. The number of unbranched alkanes of at least 4 members (excludes halogenated alkanes) is 5. The van der Waals surface area contributed by atoms with E-state index in [0.717, 1.165) is 87.1 Å². The summed E-state index contributed by atoms with van der Waals surface area (Å²) in [6.45, 7) is 6.67. The Kier molecular flexibility index (Phi) is 26.3. The molecule has 28 heteroatoms. The lowest BCUT2D eigenvalue weighted by Crippen LogP contribution is -2.61. The van der Waals surface area contributed by atoms with Crippen molar-refractivity contribution in [1.29, 1.82) is 0 Å². The summed E-state index contributed by atoms with van der Waals surface area (Å²) >= 11 is 0.417. The fourth-order valence-electron chi connectivity index (χ4n) is 11.1. The number of phenolic OH excluding ortho intramolecular Hbond substituents is 2. The molecule has 27 nitrogen and oxygen atoms in total. The van der Waals surface area contributed by atoms with Crippen LogP contribution in [0.4, 0.5) is 5.69 Å². The Morgan fingerprint density at radius 2 is 1.41 bits per heavy atom. The summed E-state index contributed by atoms with van der Waals surface area (Å²) in [5.41, 5.74) is 4.58. The van der Waals surface area contributed by atoms with E-state index in [1.54, 1.807) is 0 Å². The number of ketones is 1. The molecule has 2 aromatic carbocycles. The van der Waals surface area contributed by atoms with Crippen molar-refractivity contribution < 1.29 is 89.2 Å². The van der Waals surface area contributed by atoms with Gasteiger partial charge in [0.2, 0.25) is 41.4 Å². The first-order valence-corrected chi connectivity index (χ1v) is 29.8. The number of nitrogens with two attached hydrogens (primary N) is 1. The Morgan fingerprint density at radius 1 is 0.788 bits per heavy atom. The zero-order chi connectivity index (χ0) is 63.0. The van der Waals surface area contributed by atoms with Crippen molar-refractivity contribution in [3.63, 3.8) is 0 Å². The lowest BCUT2D eigenvalue weighted by molar-refractivity contribution is -0.387. The van der Waals surface area contributed by atoms with Crippen LogP contribution in [0.3, 0.4) is 0 Å². The van der Waals surface area contributed by atoms with Gasteiger partial charge < -0.3 is 82.8 Å². The monoisotopic (exact) mass is 1220 g/mol. The number of nitro groups is 1. The number of thioether (sulfide) groups is 1. The first kappa shape index (κ1) is 69.2. The van der Waals surface area contributed by atoms with E-state index in [1.807, 2.05) is 0 Å². The van der Waals surface area contributed by atoms with Crippen LogP contribution in [0.1, 0.15) is 136 Å². The first-order valence-electron chi connectivity index (χ1n) is 28.9. The predicted octanol–water partition coefficient (Wildman–Crippen LogP) is 0.163. The van der Waals surface area contributed by atoms with Gasteiger partial charge in [0.15, 0.2) is 5.78 Å². The van der Waals surface area contributed by atoms with Crippen molar-refractivity contribution in [3.05, 3.63) is 58.1 Å². The molecule has 3 fully saturated rings. The summed E-state index contributed by atoms with van der Waals surface area (Å²) < 4.78 is 0. The fraction of sp³-hybridized carbons (Fsp3) is 0.649. The number of aliphatic hydroxyl groups excluding tert-OH is 7. The highest BCUT2D eigenvalue weighted by atomic mass is 32.2. The van der Waals surface area contributed by atoms with E-state index < -0.39 is 186 Å². The normalized spacial score (nSPS) is 27.0. The van der Waals surface area contributed by atoms with E-state index in [0.29, 0.717) is 41.3 Å². The zero-order valence-corrected chi connectivity index (χ0v) is 49.1. The lowest BCUT2D eigenvalue weighted by atomic mass is 9.86. The molecule has 3 aliphatic heterocycles. The van der Waals surface area contributed by atoms with E-state index >= 15 is 0 Å². The third-order valence-electron chi connectivity index (χ3n) is 16.0. The number of carbonyl (C=O) groups excluding carboxylic acids is 8. The largest absolute Gasteiger partial charge is 0.508 e. The third kappa shape index (κ3) is 19.5. The number of aromatic hydroxyl groups is 2. The standard InChI is InChI=1S/C57H84N8O19S/c1-5-29(2)22-30(3)12-10-8-6-7-9-11-13-46(75)59-37-26-43(73)55(85-44-19-18-34(68)23-39(44)65(83)84)62-54(80)49-40(70)20-21-63(49)57(82)48(42(72)27-45(58)74)61-52(78)36(51(77)50(76)32-14-16-33(67)17-15-32)25-41(71)38-24-35(69)28-64(38)56(81)47(31(4)66)60-53(37)79/h14-19,23,29-31,35-38,40,42-43,47-51,55,66-70,72-73,76-77H,5-13,20-22,24-28H2,1-4H3,(H2,58,74)(H,59,75)(H,60,79)(H,61,78)(H,62,80)/t29?,30?,31-,35-,36+,37+,38+,40+,42-,43-,47+,48+,49+,50+,51+,55-/m1/s1. The van der Waals surface area contributed by atoms with E-state index in [2.05, 4.69) is 42.0 Å². The molecule has 0 radical (unpaired) electrons. The van der Waals surface area contributed by atoms with E-state index in [9.17, 15) is 94.4 Å². The molecule has 16 atom stereocenters. The van der Waals surface area contributed by atoms with Crippen molar-refractivity contribution in [3.8, 4) is 11.5 Å². The number of aliphatic hydroxyl groups is 7. The number of primary amides is 1. The maximum absolute atomic E-state index is 14.8. The molecule has 2 aromatic rings. The first-order chi connectivity index (χ1) is 40.1. The number of amides is 7. The maximum atomic E-state index is 14.8. The van der Waals surface area contributed by atoms with Crippen LogP contribution >= 0.6 is 11.8 Å². The van der Waals surface area contributed by atoms with Crippen LogP contribution in [-0.2, 0) is 38.4 Å². The fourth-order valence-corrected chi connectivity index (χ4v) is 12.2. The van der Waals surface area contributed by atoms with E-state index in [4.69, 9.17) is 5.73 Å². The van der Waals surface area contributed by atoms with Gasteiger partial charge in [0, 0.05) is 38.8 Å². The predicted molar refractivity (Wildman–Crippen MR) is 305 cm³/mol. The Morgan fingerprint density at radius 3 is 2.05 bits per heavy atom. The number of nitrogens with one attached hydrogen (secondary N) is 4. The summed E-state index contributed by atoms with van der Waals surface area (Å²) in [6.07, 6.45) is -9.46. The number of rotatable bonds is 23. The topological polar surface area (TPSA) is 442 Å². The zero-order valence-electron chi connectivity index (χ0n) is 48.2. The number of Topliss-reactive ketones (excluding diaryl/α,β-unsaturated/α-hetero) is 1. The van der Waals surface area contributed by atoms with Crippen molar-refractivity contribution in [2.75, 3.05) is 13.1 Å². The number of phenols is 2. The van der Waals surface area contributed by atoms with E-state index in [-0.39, 0.29) is 29.1 Å². The number of benzene rings is 2. The highest BCUT2D eigenvalue weighted by Gasteiger charge is 2.49. The molecule has 472 valence electrons. The average molecular weight is 1220 g/mol. The molecule has 0 aromatic heterocycles. The van der Waals surface area contributed by atoms with Gasteiger partial charge in [-0.2, -0.15) is 0 Å². The van der Waals surface area contributed by atoms with Gasteiger partial charge in [-0.05, 0) is 67.9 Å². The molecule has 2 unspecified atom stereocenters. The number of nitrogens with zero attached hydrogens (tertiary/aromatic N) is 3. The maximum Gasteiger partial charge on any atom is 0.286 e. The number of fused-ring (bicyclic) bond motifs is 2. The van der Waals surface area contributed by atoms with Gasteiger partial charge in [-0.3, -0.25) is 48.5 Å². The van der Waals surface area contributed by atoms with Gasteiger partial charge in [0.05, 0.1) is 70.9 Å². The van der Waals surface area contributed by atoms with Gasteiger partial charge >= 0.3 is 0 Å². The Balaban J connectivity index is 1.58. The molecule has 15 N–H and O–H groups in total. The highest BCUT2D eigenvalue weighted by Crippen LogP contribution is 2.37. The Labute approximate surface area is 496 Å². The van der Waals surface area contributed by atoms with Crippen molar-refractivity contribution in [2.24, 2.45) is 23.5 Å². The van der Waals surface area contributed by atoms with Crippen LogP contribution in [-0.4, -0.2) is 193 Å². The van der Waals surface area contributed by atoms with Gasteiger partial charge in [0.25, 0.3) is 5.69 Å². The van der Waals surface area contributed by atoms with Gasteiger partial charge in [0.1, 0.15) is 47.1 Å². The molecule has 3 heterocycles. The second-order valence-corrected chi connectivity index (χ2v) is 24.1. The minimum Gasteiger partial charge on any atom is -0.508 e. The summed E-state index contributed by atoms with van der Waals surface area (Å²) in [5.74, 6) is -11.1. The molecule has 0 spiro atoms. The minimum absolute atomic E-state index is 0.104. The van der Waals surface area contributed by atoms with Gasteiger partial charge in [-0.25, -0.2) is 0 Å². The molecular formula is C57H84N8O19S. The van der Waals surface area contributed by atoms with E-state index in [1.165, 1.54) is 12.1 Å². The van der Waals surface area contributed by atoms with Crippen LogP contribution in [0, 0.1) is 27.9 Å². The molecule has 5 rings (SSSR count). The number of hydrogen-bond acceptors (Lipinski definition) is 20. The number of nitro benzene ring substituents is 1. The quantitative estimate of drug-likeness (QED) is 0.0400. The van der Waals surface area contributed by atoms with Crippen LogP contribution < -0.4 is 27.0 Å². The number of carbonyl (C=O) groups is 8. The molecule has 7 amide bonds. The van der Waals surface area contributed by atoms with Crippen LogP contribution in [0.25, 0.3) is 0 Å². The van der Waals surface area contributed by atoms with Crippen molar-refractivity contribution in [1.82, 2.24) is 31.1 Å². The Bertz CT molecular complexity index is 2650. The molecule has 3 saturated heterocycles. The van der Waals surface area contributed by atoms with Crippen molar-refractivity contribution in [2.45, 2.75) is 207 Å². The molecule has 85 heavy (non-hydrogen) atoms. The summed E-state index contributed by atoms with van der Waals surface area (Å²) in [6, 6.07) is -2.27. The third-order valence-corrected chi connectivity index (χ3v) is 17.3. The van der Waals surface area contributed by atoms with Crippen LogP contribution in [0.5, 0.6) is 11.5 Å². The summed E-state index contributed by atoms with van der Waals surface area (Å²) in [7, 11) is 0.